The number of aryl methyl sites for hydroxylation is 1. The van der Waals surface area contributed by atoms with Gasteiger partial charge in [-0.3, -0.25) is 9.29 Å². The summed E-state index contributed by atoms with van der Waals surface area (Å²) < 4.78 is 66.7. The highest BCUT2D eigenvalue weighted by Crippen LogP contribution is 2.31. The molecular weight excluding hydrogens is 446 g/mol. The molecule has 10 nitrogen and oxygen atoms in total. The lowest BCUT2D eigenvalue weighted by Gasteiger charge is -2.20. The smallest absolute Gasteiger partial charge is 0.419 e. The predicted molar refractivity (Wildman–Crippen MR) is 115 cm³/mol. The molecule has 168 valence electrons. The third kappa shape index (κ3) is 4.18. The summed E-state index contributed by atoms with van der Waals surface area (Å²) in [5, 5.41) is 0. The molecule has 0 aliphatic heterocycles. The van der Waals surface area contributed by atoms with Crippen molar-refractivity contribution in [3.8, 4) is 5.75 Å². The number of fused-ring (bicyclic) bond motifs is 1. The molecule has 0 fully saturated rings. The third-order valence-electron chi connectivity index (χ3n) is 4.83. The third-order valence-corrected chi connectivity index (χ3v) is 8.24. The van der Waals surface area contributed by atoms with Crippen molar-refractivity contribution in [3.05, 3.63) is 46.9 Å². The molecule has 0 aliphatic rings. The van der Waals surface area contributed by atoms with Gasteiger partial charge in [-0.15, -0.1) is 0 Å². The fraction of sp³-hybridized carbons (Fsp3) is 0.316. The Morgan fingerprint density at radius 3 is 2.29 bits per heavy atom. The van der Waals surface area contributed by atoms with E-state index in [-0.39, 0.29) is 39.9 Å². The number of benzene rings is 2. The van der Waals surface area contributed by atoms with E-state index in [4.69, 9.17) is 9.15 Å². The van der Waals surface area contributed by atoms with Gasteiger partial charge in [0.2, 0.25) is 10.0 Å². The van der Waals surface area contributed by atoms with Crippen LogP contribution in [0.5, 0.6) is 5.75 Å². The normalized spacial score (nSPS) is 12.4. The second-order valence-electron chi connectivity index (χ2n) is 6.61. The number of hydrogen-bond acceptors (Lipinski definition) is 7. The average molecular weight is 470 g/mol. The Kier molecular flexibility index (Phi) is 6.16. The van der Waals surface area contributed by atoms with Gasteiger partial charge in [-0.25, -0.2) is 21.6 Å². The van der Waals surface area contributed by atoms with Gasteiger partial charge < -0.3 is 9.15 Å². The maximum atomic E-state index is 13.0. The first-order valence-electron chi connectivity index (χ1n) is 9.35. The van der Waals surface area contributed by atoms with Crippen molar-refractivity contribution in [3.63, 3.8) is 0 Å². The summed E-state index contributed by atoms with van der Waals surface area (Å²) in [6, 6.07) is 7.95. The van der Waals surface area contributed by atoms with Crippen LogP contribution in [-0.2, 0) is 27.1 Å². The van der Waals surface area contributed by atoms with Crippen LogP contribution in [-0.4, -0.2) is 45.9 Å². The molecule has 31 heavy (non-hydrogen) atoms. The van der Waals surface area contributed by atoms with Gasteiger partial charge in [0, 0.05) is 26.2 Å². The van der Waals surface area contributed by atoms with Gasteiger partial charge in [0.25, 0.3) is 10.0 Å². The fourth-order valence-corrected chi connectivity index (χ4v) is 5.69. The van der Waals surface area contributed by atoms with Gasteiger partial charge in [0.05, 0.1) is 28.1 Å². The van der Waals surface area contributed by atoms with Gasteiger partial charge in [-0.05, 0) is 30.3 Å². The maximum absolute atomic E-state index is 13.0. The second kappa shape index (κ2) is 8.36. The number of sulfonamides is 2. The van der Waals surface area contributed by atoms with Crippen molar-refractivity contribution < 1.29 is 26.0 Å². The van der Waals surface area contributed by atoms with Crippen molar-refractivity contribution in [1.82, 2.24) is 8.87 Å². The first-order valence-corrected chi connectivity index (χ1v) is 12.3. The molecule has 1 heterocycles. The van der Waals surface area contributed by atoms with Crippen LogP contribution >= 0.6 is 0 Å². The zero-order chi connectivity index (χ0) is 23.0. The van der Waals surface area contributed by atoms with Crippen molar-refractivity contribution >= 4 is 36.8 Å². The van der Waals surface area contributed by atoms with E-state index >= 15 is 0 Å². The molecule has 0 unspecified atom stereocenters. The quantitative estimate of drug-likeness (QED) is 0.534. The Hall–Kier alpha value is -2.83. The number of anilines is 1. The van der Waals surface area contributed by atoms with Crippen LogP contribution in [0.25, 0.3) is 11.1 Å². The topological polar surface area (TPSA) is 128 Å². The molecule has 3 rings (SSSR count). The molecule has 0 amide bonds. The standard InChI is InChI=1S/C19H23N3O7S2/c1-5-22(6-2)31(26,27)14-8-10-17(28-4)15(11-14)20-30(24,25)13-7-9-16-18(12-13)29-19(23)21(16)3/h7-12,20H,5-6H2,1-4H3. The molecular formula is C19H23N3O7S2. The molecule has 0 saturated carbocycles. The molecule has 2 aromatic carbocycles. The molecule has 0 spiro atoms. The molecule has 0 atom stereocenters. The van der Waals surface area contributed by atoms with Crippen LogP contribution in [0.2, 0.25) is 0 Å². The number of aromatic nitrogens is 1. The fourth-order valence-electron chi connectivity index (χ4n) is 3.12. The lowest BCUT2D eigenvalue weighted by Crippen LogP contribution is -2.30. The van der Waals surface area contributed by atoms with E-state index in [1.54, 1.807) is 13.8 Å². The largest absolute Gasteiger partial charge is 0.495 e. The van der Waals surface area contributed by atoms with Crippen molar-refractivity contribution in [2.45, 2.75) is 23.6 Å². The van der Waals surface area contributed by atoms with E-state index in [0.717, 1.165) is 0 Å². The van der Waals surface area contributed by atoms with E-state index in [0.29, 0.717) is 5.52 Å². The molecule has 12 heteroatoms. The summed E-state index contributed by atoms with van der Waals surface area (Å²) in [4.78, 5) is 11.4. The van der Waals surface area contributed by atoms with Crippen molar-refractivity contribution in [2.75, 3.05) is 24.9 Å². The minimum Gasteiger partial charge on any atom is -0.495 e. The van der Waals surface area contributed by atoms with Gasteiger partial charge in [0.15, 0.2) is 5.58 Å². The van der Waals surface area contributed by atoms with Crippen LogP contribution in [0, 0.1) is 0 Å². The monoisotopic (exact) mass is 469 g/mol. The minimum atomic E-state index is -4.14. The number of nitrogens with one attached hydrogen (secondary N) is 1. The Morgan fingerprint density at radius 2 is 1.68 bits per heavy atom. The molecule has 1 aromatic heterocycles. The van der Waals surface area contributed by atoms with E-state index in [9.17, 15) is 21.6 Å². The van der Waals surface area contributed by atoms with E-state index in [1.807, 2.05) is 0 Å². The molecule has 0 radical (unpaired) electrons. The van der Waals surface area contributed by atoms with Gasteiger partial charge >= 0.3 is 5.76 Å². The molecule has 0 saturated heterocycles. The predicted octanol–water partition coefficient (Wildman–Crippen LogP) is 1.97. The van der Waals surface area contributed by atoms with Gasteiger partial charge in [-0.2, -0.15) is 4.31 Å². The van der Waals surface area contributed by atoms with Crippen molar-refractivity contribution in [1.29, 1.82) is 0 Å². The number of rotatable bonds is 8. The summed E-state index contributed by atoms with van der Waals surface area (Å²) >= 11 is 0. The summed E-state index contributed by atoms with van der Waals surface area (Å²) in [6.45, 7) is 3.97. The molecule has 0 aliphatic carbocycles. The maximum Gasteiger partial charge on any atom is 0.419 e. The lowest BCUT2D eigenvalue weighted by molar-refractivity contribution is 0.416. The van der Waals surface area contributed by atoms with Crippen LogP contribution in [0.4, 0.5) is 5.69 Å². The van der Waals surface area contributed by atoms with E-state index in [2.05, 4.69) is 4.72 Å². The minimum absolute atomic E-state index is 0.0367. The van der Waals surface area contributed by atoms with E-state index in [1.165, 1.54) is 59.4 Å². The number of ether oxygens (including phenoxy) is 1. The molecule has 1 N–H and O–H groups in total. The Labute approximate surface area is 180 Å². The van der Waals surface area contributed by atoms with E-state index < -0.39 is 25.8 Å². The molecule has 0 bridgehead atoms. The lowest BCUT2D eigenvalue weighted by atomic mass is 10.3. The average Bonchev–Trinajstić information content (AvgIpc) is 3.01. The molecule has 3 aromatic rings. The highest BCUT2D eigenvalue weighted by molar-refractivity contribution is 7.92. The summed E-state index contributed by atoms with van der Waals surface area (Å²) in [5.41, 5.74) is 0.513. The van der Waals surface area contributed by atoms with Gasteiger partial charge in [0.1, 0.15) is 5.75 Å². The zero-order valence-electron chi connectivity index (χ0n) is 17.4. The highest BCUT2D eigenvalue weighted by atomic mass is 32.2. The van der Waals surface area contributed by atoms with Crippen molar-refractivity contribution in [2.24, 2.45) is 7.05 Å². The van der Waals surface area contributed by atoms with Crippen LogP contribution in [0.1, 0.15) is 13.8 Å². The number of nitrogens with zero attached hydrogens (tertiary/aromatic N) is 2. The SMILES string of the molecule is CCN(CC)S(=O)(=O)c1ccc(OC)c(NS(=O)(=O)c2ccc3c(c2)oc(=O)n3C)c1. The van der Waals surface area contributed by atoms with Crippen LogP contribution in [0.3, 0.4) is 0 Å². The zero-order valence-corrected chi connectivity index (χ0v) is 19.1. The summed E-state index contributed by atoms with van der Waals surface area (Å²) in [7, 11) is -5.10. The number of hydrogen-bond donors (Lipinski definition) is 1. The Morgan fingerprint density at radius 1 is 1.03 bits per heavy atom. The Bertz CT molecular complexity index is 1390. The Balaban J connectivity index is 2.05. The summed E-state index contributed by atoms with van der Waals surface area (Å²) in [5.74, 6) is -0.470. The van der Waals surface area contributed by atoms with Gasteiger partial charge in [-0.1, -0.05) is 13.8 Å². The first kappa shape index (κ1) is 22.8. The number of methoxy groups -OCH3 is 1. The highest BCUT2D eigenvalue weighted by Gasteiger charge is 2.25. The summed E-state index contributed by atoms with van der Waals surface area (Å²) in [6.07, 6.45) is 0. The number of oxazole rings is 1. The van der Waals surface area contributed by atoms with Crippen LogP contribution < -0.4 is 15.2 Å². The van der Waals surface area contributed by atoms with Crippen LogP contribution in [0.15, 0.2) is 55.4 Å². The first-order chi connectivity index (χ1) is 14.5. The second-order valence-corrected chi connectivity index (χ2v) is 10.2.